The van der Waals surface area contributed by atoms with Gasteiger partial charge in [-0.25, -0.2) is 0 Å². The maximum Gasteiger partial charge on any atom is 0.324 e. The summed E-state index contributed by atoms with van der Waals surface area (Å²) in [5.41, 5.74) is 0. The first kappa shape index (κ1) is 13.3. The van der Waals surface area contributed by atoms with Gasteiger partial charge in [-0.05, 0) is 0 Å². The summed E-state index contributed by atoms with van der Waals surface area (Å²) in [5.74, 6) is 0.595. The molecule has 1 aromatic heterocycles. The Morgan fingerprint density at radius 1 is 1.00 bits per heavy atom. The molecular weight excluding hydrogens is 250 g/mol. The third-order valence-corrected chi connectivity index (χ3v) is 2.96. The predicted octanol–water partition coefficient (Wildman–Crippen LogP) is -0.443. The van der Waals surface area contributed by atoms with Crippen LogP contribution in [0.3, 0.4) is 0 Å². The van der Waals surface area contributed by atoms with Gasteiger partial charge in [-0.1, -0.05) is 0 Å². The van der Waals surface area contributed by atoms with Crippen LogP contribution in [0.5, 0.6) is 12.0 Å². The van der Waals surface area contributed by atoms with Gasteiger partial charge >= 0.3 is 12.0 Å². The second kappa shape index (κ2) is 5.68. The van der Waals surface area contributed by atoms with Crippen molar-refractivity contribution in [3.05, 3.63) is 0 Å². The van der Waals surface area contributed by atoms with Crippen LogP contribution in [0.25, 0.3) is 0 Å². The number of rotatable bonds is 3. The lowest BCUT2D eigenvalue weighted by Gasteiger charge is -2.34. The Morgan fingerprint density at radius 3 is 1.95 bits per heavy atom. The van der Waals surface area contributed by atoms with Gasteiger partial charge in [0.25, 0.3) is 0 Å². The number of nitrogens with zero attached hydrogens (tertiary/aromatic N) is 5. The minimum absolute atomic E-state index is 0.0884. The number of hydrogen-bond donors (Lipinski definition) is 0. The number of aromatic nitrogens is 3. The molecule has 2 heterocycles. The van der Waals surface area contributed by atoms with Gasteiger partial charge in [0.1, 0.15) is 0 Å². The number of ether oxygens (including phenoxy) is 2. The highest BCUT2D eigenvalue weighted by atomic mass is 16.5. The van der Waals surface area contributed by atoms with Crippen molar-refractivity contribution in [3.63, 3.8) is 0 Å². The van der Waals surface area contributed by atoms with E-state index in [4.69, 9.17) is 9.47 Å². The summed E-state index contributed by atoms with van der Waals surface area (Å²) in [4.78, 5) is 27.4. The molecule has 2 rings (SSSR count). The fraction of sp³-hybridized carbons (Fsp3) is 0.636. The quantitative estimate of drug-likeness (QED) is 0.734. The van der Waals surface area contributed by atoms with Gasteiger partial charge in [0.05, 0.1) is 14.2 Å². The van der Waals surface area contributed by atoms with Gasteiger partial charge in [-0.3, -0.25) is 4.79 Å². The molecule has 0 spiro atoms. The largest absolute Gasteiger partial charge is 0.467 e. The Kier molecular flexibility index (Phi) is 3.98. The summed E-state index contributed by atoms with van der Waals surface area (Å²) < 4.78 is 10.0. The van der Waals surface area contributed by atoms with Crippen LogP contribution in [0.15, 0.2) is 0 Å². The van der Waals surface area contributed by atoms with E-state index >= 15 is 0 Å². The van der Waals surface area contributed by atoms with Gasteiger partial charge in [0.15, 0.2) is 0 Å². The molecule has 1 saturated heterocycles. The highest BCUT2D eigenvalue weighted by Crippen LogP contribution is 2.17. The number of carbonyl (C=O) groups is 1. The zero-order valence-corrected chi connectivity index (χ0v) is 11.3. The molecule has 0 radical (unpaired) electrons. The summed E-state index contributed by atoms with van der Waals surface area (Å²) in [6, 6.07) is 0.437. The van der Waals surface area contributed by atoms with Crippen molar-refractivity contribution in [1.29, 1.82) is 0 Å². The zero-order chi connectivity index (χ0) is 13.8. The molecule has 1 aromatic rings. The van der Waals surface area contributed by atoms with Crippen molar-refractivity contribution in [2.45, 2.75) is 6.92 Å². The minimum Gasteiger partial charge on any atom is -0.467 e. The SMILES string of the molecule is COc1nc(OC)nc(N2CCN(C(C)=O)CC2)n1. The average molecular weight is 267 g/mol. The molecule has 0 aromatic carbocycles. The van der Waals surface area contributed by atoms with Gasteiger partial charge in [0.2, 0.25) is 11.9 Å². The Labute approximate surface area is 111 Å². The van der Waals surface area contributed by atoms with E-state index in [0.717, 1.165) is 0 Å². The Morgan fingerprint density at radius 2 is 1.53 bits per heavy atom. The number of piperazine rings is 1. The molecule has 19 heavy (non-hydrogen) atoms. The Bertz CT molecular complexity index is 437. The first-order chi connectivity index (χ1) is 9.13. The van der Waals surface area contributed by atoms with Crippen LogP contribution >= 0.6 is 0 Å². The molecule has 0 atom stereocenters. The standard InChI is InChI=1S/C11H17N5O3/c1-8(17)15-4-6-16(7-5-15)9-12-10(18-2)14-11(13-9)19-3/h4-7H2,1-3H3. The molecule has 0 unspecified atom stereocenters. The zero-order valence-electron chi connectivity index (χ0n) is 11.3. The summed E-state index contributed by atoms with van der Waals surface area (Å²) in [6.07, 6.45) is 0. The van der Waals surface area contributed by atoms with Crippen LogP contribution < -0.4 is 14.4 Å². The fourth-order valence-electron chi connectivity index (χ4n) is 1.87. The number of amides is 1. The molecule has 1 aliphatic rings. The maximum absolute atomic E-state index is 11.3. The van der Waals surface area contributed by atoms with Crippen LogP contribution in [0.2, 0.25) is 0 Å². The molecular formula is C11H17N5O3. The second-order valence-corrected chi connectivity index (χ2v) is 4.10. The minimum atomic E-state index is 0.0884. The average Bonchev–Trinajstić information content (AvgIpc) is 2.46. The predicted molar refractivity (Wildman–Crippen MR) is 67.4 cm³/mol. The molecule has 1 aliphatic heterocycles. The molecule has 0 bridgehead atoms. The maximum atomic E-state index is 11.3. The fourth-order valence-corrected chi connectivity index (χ4v) is 1.87. The van der Waals surface area contributed by atoms with Gasteiger partial charge in [-0.2, -0.15) is 9.97 Å². The van der Waals surface area contributed by atoms with Crippen LogP contribution in [-0.2, 0) is 4.79 Å². The van der Waals surface area contributed by atoms with Crippen LogP contribution in [0.4, 0.5) is 5.95 Å². The van der Waals surface area contributed by atoms with E-state index in [2.05, 4.69) is 15.0 Å². The number of hydrogen-bond acceptors (Lipinski definition) is 7. The third-order valence-electron chi connectivity index (χ3n) is 2.96. The van der Waals surface area contributed by atoms with E-state index in [0.29, 0.717) is 32.1 Å². The molecule has 0 N–H and O–H groups in total. The molecule has 8 nitrogen and oxygen atoms in total. The highest BCUT2D eigenvalue weighted by Gasteiger charge is 2.21. The first-order valence-electron chi connectivity index (χ1n) is 5.98. The summed E-state index contributed by atoms with van der Waals surface area (Å²) in [5, 5.41) is 0. The van der Waals surface area contributed by atoms with E-state index in [1.165, 1.54) is 14.2 Å². The van der Waals surface area contributed by atoms with E-state index in [9.17, 15) is 4.79 Å². The van der Waals surface area contributed by atoms with Gasteiger partial charge in [0, 0.05) is 33.1 Å². The summed E-state index contributed by atoms with van der Waals surface area (Å²) >= 11 is 0. The van der Waals surface area contributed by atoms with Crippen molar-refractivity contribution in [2.24, 2.45) is 0 Å². The molecule has 104 valence electrons. The number of carbonyl (C=O) groups excluding carboxylic acids is 1. The van der Waals surface area contributed by atoms with Crippen molar-refractivity contribution in [1.82, 2.24) is 19.9 Å². The smallest absolute Gasteiger partial charge is 0.324 e. The number of methoxy groups -OCH3 is 2. The highest BCUT2D eigenvalue weighted by molar-refractivity contribution is 5.73. The van der Waals surface area contributed by atoms with Crippen molar-refractivity contribution >= 4 is 11.9 Å². The van der Waals surface area contributed by atoms with Crippen molar-refractivity contribution < 1.29 is 14.3 Å². The van der Waals surface area contributed by atoms with Crippen molar-refractivity contribution in [2.75, 3.05) is 45.3 Å². The van der Waals surface area contributed by atoms with Crippen LogP contribution in [0, 0.1) is 0 Å². The molecule has 0 aliphatic carbocycles. The lowest BCUT2D eigenvalue weighted by atomic mass is 10.3. The molecule has 0 saturated carbocycles. The first-order valence-corrected chi connectivity index (χ1v) is 5.98. The monoisotopic (exact) mass is 267 g/mol. The Hall–Kier alpha value is -2.12. The van der Waals surface area contributed by atoms with E-state index in [-0.39, 0.29) is 17.9 Å². The second-order valence-electron chi connectivity index (χ2n) is 4.10. The lowest BCUT2D eigenvalue weighted by Crippen LogP contribution is -2.48. The van der Waals surface area contributed by atoms with E-state index in [1.807, 2.05) is 4.90 Å². The topological polar surface area (TPSA) is 80.7 Å². The van der Waals surface area contributed by atoms with E-state index < -0.39 is 0 Å². The lowest BCUT2D eigenvalue weighted by molar-refractivity contribution is -0.129. The van der Waals surface area contributed by atoms with Crippen LogP contribution in [-0.4, -0.2) is 66.2 Å². The Balaban J connectivity index is 2.12. The van der Waals surface area contributed by atoms with Gasteiger partial charge in [-0.15, -0.1) is 4.98 Å². The third kappa shape index (κ3) is 3.01. The summed E-state index contributed by atoms with van der Waals surface area (Å²) in [7, 11) is 2.98. The molecule has 1 amide bonds. The molecule has 8 heteroatoms. The van der Waals surface area contributed by atoms with Crippen molar-refractivity contribution in [3.8, 4) is 12.0 Å². The van der Waals surface area contributed by atoms with Gasteiger partial charge < -0.3 is 19.3 Å². The summed E-state index contributed by atoms with van der Waals surface area (Å²) in [6.45, 7) is 4.24. The van der Waals surface area contributed by atoms with E-state index in [1.54, 1.807) is 11.8 Å². The van der Waals surface area contributed by atoms with Crippen LogP contribution in [0.1, 0.15) is 6.92 Å². The normalized spacial score (nSPS) is 15.3. The number of anilines is 1. The molecule has 1 fully saturated rings.